The Bertz CT molecular complexity index is 885. The zero-order valence-corrected chi connectivity index (χ0v) is 12.1. The van der Waals surface area contributed by atoms with E-state index in [0.29, 0.717) is 6.42 Å². The molecule has 0 bridgehead atoms. The van der Waals surface area contributed by atoms with Gasteiger partial charge in [0.05, 0.1) is 11.9 Å². The van der Waals surface area contributed by atoms with Crippen LogP contribution in [0.5, 0.6) is 0 Å². The zero-order chi connectivity index (χ0) is 15.1. The van der Waals surface area contributed by atoms with Crippen molar-refractivity contribution in [3.05, 3.63) is 54.4 Å². The van der Waals surface area contributed by atoms with E-state index in [1.807, 2.05) is 42.5 Å². The summed E-state index contributed by atoms with van der Waals surface area (Å²) in [6.45, 7) is 0. The maximum Gasteiger partial charge on any atom is 0.231 e. The summed E-state index contributed by atoms with van der Waals surface area (Å²) in [5.74, 6) is 0.892. The normalized spacial score (nSPS) is 13.5. The number of fused-ring (bicyclic) bond motifs is 2. The predicted octanol–water partition coefficient (Wildman–Crippen LogP) is 2.89. The third-order valence-electron chi connectivity index (χ3n) is 3.96. The standard InChI is InChI=1S/C17H14N4O/c1-21-15-7-6-12(8-11(15)9-16(21)22)20-17-13-4-2-3-5-14(13)18-10-19-17/h2-8,10H,9H2,1H3,(H,18,19,20). The van der Waals surface area contributed by atoms with E-state index in [-0.39, 0.29) is 5.91 Å². The SMILES string of the molecule is CN1C(=O)Cc2cc(Nc3ncnc4ccccc34)ccc21. The van der Waals surface area contributed by atoms with Crippen LogP contribution in [0.15, 0.2) is 48.8 Å². The maximum absolute atomic E-state index is 11.8. The summed E-state index contributed by atoms with van der Waals surface area (Å²) < 4.78 is 0. The summed E-state index contributed by atoms with van der Waals surface area (Å²) in [5, 5.41) is 4.30. The van der Waals surface area contributed by atoms with Crippen LogP contribution >= 0.6 is 0 Å². The van der Waals surface area contributed by atoms with Crippen LogP contribution in [-0.2, 0) is 11.2 Å². The Labute approximate surface area is 127 Å². The highest BCUT2D eigenvalue weighted by atomic mass is 16.2. The van der Waals surface area contributed by atoms with E-state index < -0.39 is 0 Å². The number of hydrogen-bond acceptors (Lipinski definition) is 4. The molecule has 2 aromatic carbocycles. The molecule has 1 N–H and O–H groups in total. The molecule has 1 aromatic heterocycles. The fraction of sp³-hybridized carbons (Fsp3) is 0.118. The summed E-state index contributed by atoms with van der Waals surface area (Å²) >= 11 is 0. The quantitative estimate of drug-likeness (QED) is 0.788. The predicted molar refractivity (Wildman–Crippen MR) is 86.4 cm³/mol. The molecular weight excluding hydrogens is 276 g/mol. The van der Waals surface area contributed by atoms with Gasteiger partial charge in [0, 0.05) is 23.8 Å². The van der Waals surface area contributed by atoms with Crippen LogP contribution in [0.4, 0.5) is 17.2 Å². The molecule has 0 radical (unpaired) electrons. The highest BCUT2D eigenvalue weighted by Gasteiger charge is 2.23. The fourth-order valence-corrected chi connectivity index (χ4v) is 2.79. The lowest BCUT2D eigenvalue weighted by molar-refractivity contribution is -0.117. The van der Waals surface area contributed by atoms with Gasteiger partial charge in [-0.05, 0) is 35.9 Å². The van der Waals surface area contributed by atoms with E-state index in [9.17, 15) is 4.79 Å². The lowest BCUT2D eigenvalue weighted by Crippen LogP contribution is -2.20. The van der Waals surface area contributed by atoms with Gasteiger partial charge in [-0.1, -0.05) is 12.1 Å². The second-order valence-electron chi connectivity index (χ2n) is 5.34. The molecule has 0 unspecified atom stereocenters. The first-order valence-electron chi connectivity index (χ1n) is 7.08. The number of aromatic nitrogens is 2. The van der Waals surface area contributed by atoms with Gasteiger partial charge in [0.2, 0.25) is 5.91 Å². The summed E-state index contributed by atoms with van der Waals surface area (Å²) in [5.41, 5.74) is 3.83. The first-order chi connectivity index (χ1) is 10.7. The fourth-order valence-electron chi connectivity index (χ4n) is 2.79. The lowest BCUT2D eigenvalue weighted by Gasteiger charge is -2.12. The molecule has 4 rings (SSSR count). The third-order valence-corrected chi connectivity index (χ3v) is 3.96. The second kappa shape index (κ2) is 4.80. The van der Waals surface area contributed by atoms with Crippen molar-refractivity contribution >= 4 is 34.0 Å². The van der Waals surface area contributed by atoms with Gasteiger partial charge < -0.3 is 10.2 Å². The highest BCUT2D eigenvalue weighted by molar-refractivity contribution is 6.01. The van der Waals surface area contributed by atoms with Crippen LogP contribution in [0.1, 0.15) is 5.56 Å². The molecular formula is C17H14N4O. The average molecular weight is 290 g/mol. The second-order valence-corrected chi connectivity index (χ2v) is 5.34. The molecule has 5 heteroatoms. The molecule has 0 saturated heterocycles. The molecule has 3 aromatic rings. The van der Waals surface area contributed by atoms with Gasteiger partial charge >= 0.3 is 0 Å². The van der Waals surface area contributed by atoms with Gasteiger partial charge in [-0.15, -0.1) is 0 Å². The van der Waals surface area contributed by atoms with Gasteiger partial charge in [-0.3, -0.25) is 4.79 Å². The minimum absolute atomic E-state index is 0.125. The van der Waals surface area contributed by atoms with E-state index in [1.165, 1.54) is 0 Å². The molecule has 0 saturated carbocycles. The van der Waals surface area contributed by atoms with Gasteiger partial charge in [-0.2, -0.15) is 0 Å². The van der Waals surface area contributed by atoms with Crippen LogP contribution in [0, 0.1) is 0 Å². The van der Waals surface area contributed by atoms with Crippen molar-refractivity contribution in [2.45, 2.75) is 6.42 Å². The number of rotatable bonds is 2. The van der Waals surface area contributed by atoms with Crippen LogP contribution in [-0.4, -0.2) is 22.9 Å². The average Bonchev–Trinajstić information content (AvgIpc) is 2.82. The van der Waals surface area contributed by atoms with Crippen LogP contribution < -0.4 is 10.2 Å². The number of likely N-dealkylation sites (N-methyl/N-ethyl adjacent to an activating group) is 1. The van der Waals surface area contributed by atoms with E-state index in [0.717, 1.165) is 33.7 Å². The highest BCUT2D eigenvalue weighted by Crippen LogP contribution is 2.31. The Morgan fingerprint density at radius 2 is 2.00 bits per heavy atom. The smallest absolute Gasteiger partial charge is 0.231 e. The topological polar surface area (TPSA) is 58.1 Å². The van der Waals surface area contributed by atoms with E-state index in [1.54, 1.807) is 18.3 Å². The maximum atomic E-state index is 11.8. The van der Waals surface area contributed by atoms with E-state index in [2.05, 4.69) is 15.3 Å². The number of anilines is 3. The summed E-state index contributed by atoms with van der Waals surface area (Å²) in [6.07, 6.45) is 2.00. The third kappa shape index (κ3) is 1.98. The molecule has 5 nitrogen and oxygen atoms in total. The number of carbonyl (C=O) groups excluding carboxylic acids is 1. The molecule has 0 aliphatic carbocycles. The summed E-state index contributed by atoms with van der Waals surface area (Å²) in [4.78, 5) is 22.0. The number of carbonyl (C=O) groups is 1. The minimum atomic E-state index is 0.125. The molecule has 108 valence electrons. The van der Waals surface area contributed by atoms with Crippen molar-refractivity contribution in [3.8, 4) is 0 Å². The van der Waals surface area contributed by atoms with Crippen molar-refractivity contribution in [2.75, 3.05) is 17.3 Å². The Balaban J connectivity index is 1.72. The Hall–Kier alpha value is -2.95. The van der Waals surface area contributed by atoms with Crippen molar-refractivity contribution in [1.82, 2.24) is 9.97 Å². The van der Waals surface area contributed by atoms with Crippen LogP contribution in [0.3, 0.4) is 0 Å². The van der Waals surface area contributed by atoms with Crippen LogP contribution in [0.25, 0.3) is 10.9 Å². The first kappa shape index (κ1) is 12.8. The molecule has 1 aliphatic rings. The molecule has 0 atom stereocenters. The van der Waals surface area contributed by atoms with Crippen molar-refractivity contribution in [2.24, 2.45) is 0 Å². The monoisotopic (exact) mass is 290 g/mol. The molecule has 0 fully saturated rings. The number of nitrogens with zero attached hydrogens (tertiary/aromatic N) is 3. The van der Waals surface area contributed by atoms with Crippen molar-refractivity contribution < 1.29 is 4.79 Å². The molecule has 22 heavy (non-hydrogen) atoms. The van der Waals surface area contributed by atoms with E-state index in [4.69, 9.17) is 0 Å². The molecule has 1 aliphatic heterocycles. The van der Waals surface area contributed by atoms with Gasteiger partial charge in [0.25, 0.3) is 0 Å². The molecule has 0 spiro atoms. The number of hydrogen-bond donors (Lipinski definition) is 1. The Morgan fingerprint density at radius 1 is 1.14 bits per heavy atom. The first-order valence-corrected chi connectivity index (χ1v) is 7.08. The molecule has 2 heterocycles. The number of amides is 1. The van der Waals surface area contributed by atoms with Gasteiger partial charge in [0.15, 0.2) is 0 Å². The van der Waals surface area contributed by atoms with Gasteiger partial charge in [-0.25, -0.2) is 9.97 Å². The summed E-state index contributed by atoms with van der Waals surface area (Å²) in [7, 11) is 1.80. The largest absolute Gasteiger partial charge is 0.340 e. The number of nitrogens with one attached hydrogen (secondary N) is 1. The lowest BCUT2D eigenvalue weighted by atomic mass is 10.1. The molecule has 1 amide bonds. The minimum Gasteiger partial charge on any atom is -0.340 e. The number of benzene rings is 2. The Morgan fingerprint density at radius 3 is 2.91 bits per heavy atom. The van der Waals surface area contributed by atoms with Gasteiger partial charge in [0.1, 0.15) is 12.1 Å². The van der Waals surface area contributed by atoms with Crippen molar-refractivity contribution in [3.63, 3.8) is 0 Å². The Kier molecular flexibility index (Phi) is 2.79. The summed E-state index contributed by atoms with van der Waals surface area (Å²) in [6, 6.07) is 13.8. The van der Waals surface area contributed by atoms with Crippen LogP contribution in [0.2, 0.25) is 0 Å². The zero-order valence-electron chi connectivity index (χ0n) is 12.1. The van der Waals surface area contributed by atoms with Crippen molar-refractivity contribution in [1.29, 1.82) is 0 Å². The van der Waals surface area contributed by atoms with E-state index >= 15 is 0 Å². The number of para-hydroxylation sites is 1.